The molecule has 18 heavy (non-hydrogen) atoms. The molecule has 2 N–H and O–H groups in total. The summed E-state index contributed by atoms with van der Waals surface area (Å²) >= 11 is 0. The molecule has 0 aromatic heterocycles. The second-order valence-corrected chi connectivity index (χ2v) is 8.63. The zero-order valence-corrected chi connectivity index (χ0v) is 12.7. The van der Waals surface area contributed by atoms with Gasteiger partial charge in [0.15, 0.2) is 0 Å². The summed E-state index contributed by atoms with van der Waals surface area (Å²) in [6.07, 6.45) is 7.45. The molecule has 0 aromatic carbocycles. The Hall–Kier alpha value is -0.0400. The SMILES string of the molecule is CC(C)C(CN)C12CC3CC(C)(CC(C1)C3C)C2. The van der Waals surface area contributed by atoms with Crippen LogP contribution in [0.3, 0.4) is 0 Å². The van der Waals surface area contributed by atoms with Crippen LogP contribution in [0.5, 0.6) is 0 Å². The molecule has 4 saturated carbocycles. The van der Waals surface area contributed by atoms with E-state index in [9.17, 15) is 0 Å². The maximum atomic E-state index is 6.17. The van der Waals surface area contributed by atoms with Gasteiger partial charge in [0, 0.05) is 0 Å². The molecule has 0 aliphatic heterocycles. The third kappa shape index (κ3) is 1.69. The molecule has 0 radical (unpaired) electrons. The van der Waals surface area contributed by atoms with Crippen molar-refractivity contribution in [3.8, 4) is 0 Å². The van der Waals surface area contributed by atoms with Gasteiger partial charge >= 0.3 is 0 Å². The Bertz CT molecular complexity index is 317. The highest BCUT2D eigenvalue weighted by Crippen LogP contribution is 2.69. The Morgan fingerprint density at radius 1 is 1.11 bits per heavy atom. The van der Waals surface area contributed by atoms with E-state index < -0.39 is 0 Å². The number of rotatable bonds is 3. The topological polar surface area (TPSA) is 26.0 Å². The summed E-state index contributed by atoms with van der Waals surface area (Å²) in [5, 5.41) is 0. The molecule has 104 valence electrons. The van der Waals surface area contributed by atoms with Crippen molar-refractivity contribution in [2.24, 2.45) is 46.2 Å². The minimum absolute atomic E-state index is 0.607. The summed E-state index contributed by atoms with van der Waals surface area (Å²) < 4.78 is 0. The lowest BCUT2D eigenvalue weighted by molar-refractivity contribution is -0.161. The standard InChI is InChI=1S/C17H31N/c1-11(2)15(9-18)17-7-13-5-16(4,10-17)6-14(8-17)12(13)3/h11-15H,5-10,18H2,1-4H3. The quantitative estimate of drug-likeness (QED) is 0.801. The molecular formula is C17H31N. The first-order chi connectivity index (χ1) is 8.39. The Morgan fingerprint density at radius 2 is 1.67 bits per heavy atom. The zero-order valence-electron chi connectivity index (χ0n) is 12.7. The number of hydrogen-bond acceptors (Lipinski definition) is 1. The van der Waals surface area contributed by atoms with Gasteiger partial charge in [-0.3, -0.25) is 0 Å². The Balaban J connectivity index is 1.94. The molecule has 0 spiro atoms. The van der Waals surface area contributed by atoms with Gasteiger partial charge < -0.3 is 5.73 Å². The molecular weight excluding hydrogens is 218 g/mol. The Morgan fingerprint density at radius 3 is 2.11 bits per heavy atom. The maximum Gasteiger partial charge on any atom is -0.00411 e. The van der Waals surface area contributed by atoms with Gasteiger partial charge in [-0.25, -0.2) is 0 Å². The number of nitrogens with two attached hydrogens (primary N) is 1. The highest BCUT2D eigenvalue weighted by molar-refractivity contribution is 5.10. The highest BCUT2D eigenvalue weighted by atomic mass is 14.7. The highest BCUT2D eigenvalue weighted by Gasteiger charge is 2.60. The molecule has 4 rings (SSSR count). The second-order valence-electron chi connectivity index (χ2n) is 8.63. The van der Waals surface area contributed by atoms with E-state index in [0.717, 1.165) is 36.1 Å². The van der Waals surface area contributed by atoms with E-state index in [2.05, 4.69) is 27.7 Å². The van der Waals surface area contributed by atoms with Crippen LogP contribution in [-0.4, -0.2) is 6.54 Å². The van der Waals surface area contributed by atoms with Crippen molar-refractivity contribution >= 4 is 0 Å². The van der Waals surface area contributed by atoms with Crippen molar-refractivity contribution in [1.29, 1.82) is 0 Å². The van der Waals surface area contributed by atoms with Gasteiger partial charge in [0.25, 0.3) is 0 Å². The van der Waals surface area contributed by atoms with Gasteiger partial charge in [-0.2, -0.15) is 0 Å². The van der Waals surface area contributed by atoms with Gasteiger partial charge in [0.2, 0.25) is 0 Å². The van der Waals surface area contributed by atoms with Crippen LogP contribution in [0.2, 0.25) is 0 Å². The minimum Gasteiger partial charge on any atom is -0.330 e. The van der Waals surface area contributed by atoms with Crippen molar-refractivity contribution in [2.75, 3.05) is 6.54 Å². The lowest BCUT2D eigenvalue weighted by Crippen LogP contribution is -2.58. The normalized spacial score (nSPS) is 52.0. The fourth-order valence-corrected chi connectivity index (χ4v) is 6.55. The molecule has 0 saturated heterocycles. The van der Waals surface area contributed by atoms with Crippen molar-refractivity contribution < 1.29 is 0 Å². The largest absolute Gasteiger partial charge is 0.330 e. The van der Waals surface area contributed by atoms with Gasteiger partial charge in [-0.15, -0.1) is 0 Å². The Labute approximate surface area is 113 Å². The van der Waals surface area contributed by atoms with Crippen LogP contribution in [0.4, 0.5) is 0 Å². The second kappa shape index (κ2) is 3.98. The van der Waals surface area contributed by atoms with E-state index >= 15 is 0 Å². The van der Waals surface area contributed by atoms with Gasteiger partial charge in [0.05, 0.1) is 0 Å². The predicted octanol–water partition coefficient (Wildman–Crippen LogP) is 4.07. The lowest BCUT2D eigenvalue weighted by Gasteiger charge is -2.66. The van der Waals surface area contributed by atoms with E-state index in [1.807, 2.05) is 0 Å². The van der Waals surface area contributed by atoms with Crippen LogP contribution >= 0.6 is 0 Å². The first-order valence-electron chi connectivity index (χ1n) is 8.09. The molecule has 4 bridgehead atoms. The van der Waals surface area contributed by atoms with Crippen LogP contribution in [0.25, 0.3) is 0 Å². The smallest absolute Gasteiger partial charge is 0.00411 e. The third-order valence-corrected chi connectivity index (χ3v) is 6.96. The van der Waals surface area contributed by atoms with Crippen LogP contribution in [-0.2, 0) is 0 Å². The molecule has 1 nitrogen and oxygen atoms in total. The first kappa shape index (κ1) is 13.0. The summed E-state index contributed by atoms with van der Waals surface area (Å²) in [7, 11) is 0. The minimum atomic E-state index is 0.607. The fourth-order valence-electron chi connectivity index (χ4n) is 6.55. The molecule has 3 atom stereocenters. The molecule has 4 fully saturated rings. The average molecular weight is 249 g/mol. The van der Waals surface area contributed by atoms with Gasteiger partial charge in [-0.05, 0) is 79.1 Å². The predicted molar refractivity (Wildman–Crippen MR) is 77.2 cm³/mol. The van der Waals surface area contributed by atoms with E-state index in [0.29, 0.717) is 10.8 Å². The summed E-state index contributed by atoms with van der Waals surface area (Å²) in [5.41, 5.74) is 7.43. The molecule has 4 aliphatic rings. The van der Waals surface area contributed by atoms with E-state index in [4.69, 9.17) is 5.73 Å². The molecule has 0 aromatic rings. The molecule has 4 aliphatic carbocycles. The van der Waals surface area contributed by atoms with Gasteiger partial charge in [-0.1, -0.05) is 27.7 Å². The first-order valence-corrected chi connectivity index (χ1v) is 8.09. The van der Waals surface area contributed by atoms with Crippen molar-refractivity contribution in [1.82, 2.24) is 0 Å². The number of hydrogen-bond donors (Lipinski definition) is 1. The van der Waals surface area contributed by atoms with E-state index in [-0.39, 0.29) is 0 Å². The van der Waals surface area contributed by atoms with Crippen LogP contribution in [0, 0.1) is 40.4 Å². The summed E-state index contributed by atoms with van der Waals surface area (Å²) in [5.74, 6) is 4.50. The molecule has 1 heteroatoms. The van der Waals surface area contributed by atoms with Gasteiger partial charge in [0.1, 0.15) is 0 Å². The van der Waals surface area contributed by atoms with Crippen LogP contribution in [0.15, 0.2) is 0 Å². The van der Waals surface area contributed by atoms with Crippen molar-refractivity contribution in [3.05, 3.63) is 0 Å². The van der Waals surface area contributed by atoms with Crippen LogP contribution < -0.4 is 5.73 Å². The maximum absolute atomic E-state index is 6.17. The van der Waals surface area contributed by atoms with E-state index in [1.54, 1.807) is 0 Å². The zero-order chi connectivity index (χ0) is 13.1. The Kier molecular flexibility index (Phi) is 2.86. The summed E-state index contributed by atoms with van der Waals surface area (Å²) in [6.45, 7) is 10.8. The molecule has 0 amide bonds. The summed E-state index contributed by atoms with van der Waals surface area (Å²) in [6, 6.07) is 0. The lowest BCUT2D eigenvalue weighted by atomic mass is 9.39. The average Bonchev–Trinajstić information content (AvgIpc) is 2.23. The van der Waals surface area contributed by atoms with Crippen LogP contribution in [0.1, 0.15) is 59.8 Å². The molecule has 3 unspecified atom stereocenters. The monoisotopic (exact) mass is 249 g/mol. The van der Waals surface area contributed by atoms with Crippen molar-refractivity contribution in [3.63, 3.8) is 0 Å². The molecule has 0 heterocycles. The summed E-state index contributed by atoms with van der Waals surface area (Å²) in [4.78, 5) is 0. The fraction of sp³-hybridized carbons (Fsp3) is 1.00. The third-order valence-electron chi connectivity index (χ3n) is 6.96. The van der Waals surface area contributed by atoms with Crippen molar-refractivity contribution in [2.45, 2.75) is 59.8 Å². The van der Waals surface area contributed by atoms with E-state index in [1.165, 1.54) is 32.1 Å².